The molecule has 0 fully saturated rings. The van der Waals surface area contributed by atoms with Crippen molar-refractivity contribution < 1.29 is 14.1 Å². The lowest BCUT2D eigenvalue weighted by Gasteiger charge is -2.02. The molecule has 1 atom stereocenters. The lowest BCUT2D eigenvalue weighted by Crippen LogP contribution is -2.12. The maximum Gasteiger partial charge on any atom is 0.280 e. The molecule has 0 radical (unpaired) electrons. The van der Waals surface area contributed by atoms with Crippen LogP contribution in [0.4, 0.5) is 10.1 Å². The number of nitro groups is 1. The van der Waals surface area contributed by atoms with Crippen molar-refractivity contribution in [3.8, 4) is 5.75 Å². The molecule has 0 saturated carbocycles. The fraction of sp³-hybridized carbons (Fsp3) is 0.250. The van der Waals surface area contributed by atoms with Gasteiger partial charge in [0.15, 0.2) is 0 Å². The topological polar surface area (TPSA) is 78.4 Å². The third-order valence-electron chi connectivity index (χ3n) is 2.07. The monoisotopic (exact) mass is 198 g/mol. The molecular weight excluding hydrogens is 191 g/mol. The van der Waals surface area contributed by atoms with E-state index in [1.807, 2.05) is 0 Å². The molecule has 6 heteroatoms. The van der Waals surface area contributed by atoms with Gasteiger partial charge in [0, 0.05) is 6.07 Å². The molecule has 0 aliphatic carbocycles. The van der Waals surface area contributed by atoms with E-state index in [0.717, 1.165) is 12.1 Å². The molecule has 2 rings (SSSR count). The van der Waals surface area contributed by atoms with Crippen molar-refractivity contribution in [1.29, 1.82) is 0 Å². The van der Waals surface area contributed by atoms with Crippen LogP contribution in [0.1, 0.15) is 11.6 Å². The quantitative estimate of drug-likeness (QED) is 0.541. The fourth-order valence-corrected chi connectivity index (χ4v) is 1.49. The zero-order valence-corrected chi connectivity index (χ0v) is 7.07. The first kappa shape index (κ1) is 8.89. The van der Waals surface area contributed by atoms with Crippen LogP contribution in [0.15, 0.2) is 12.1 Å². The van der Waals surface area contributed by atoms with Crippen molar-refractivity contribution in [2.24, 2.45) is 5.73 Å². The third kappa shape index (κ3) is 1.20. The highest BCUT2D eigenvalue weighted by molar-refractivity contribution is 5.53. The predicted octanol–water partition coefficient (Wildman–Crippen LogP) is 1.13. The summed E-state index contributed by atoms with van der Waals surface area (Å²) < 4.78 is 17.9. The van der Waals surface area contributed by atoms with Gasteiger partial charge in [0.05, 0.1) is 22.6 Å². The van der Waals surface area contributed by atoms with Gasteiger partial charge in [0.1, 0.15) is 18.2 Å². The molecule has 0 amide bonds. The zero-order chi connectivity index (χ0) is 10.3. The SMILES string of the molecule is NC1COc2cc(F)cc([N+](=O)[O-])c21. The fourth-order valence-electron chi connectivity index (χ4n) is 1.49. The standard InChI is InChI=1S/C8H7FN2O3/c9-4-1-6(11(12)13)8-5(10)3-14-7(8)2-4/h1-2,5H,3,10H2. The van der Waals surface area contributed by atoms with E-state index < -0.39 is 16.8 Å². The van der Waals surface area contributed by atoms with E-state index in [0.29, 0.717) is 0 Å². The summed E-state index contributed by atoms with van der Waals surface area (Å²) in [5, 5.41) is 10.6. The van der Waals surface area contributed by atoms with Gasteiger partial charge in [-0.25, -0.2) is 4.39 Å². The van der Waals surface area contributed by atoms with Gasteiger partial charge in [-0.2, -0.15) is 0 Å². The van der Waals surface area contributed by atoms with Gasteiger partial charge in [0.2, 0.25) is 0 Å². The van der Waals surface area contributed by atoms with Gasteiger partial charge in [-0.05, 0) is 0 Å². The summed E-state index contributed by atoms with van der Waals surface area (Å²) >= 11 is 0. The minimum absolute atomic E-state index is 0.152. The Balaban J connectivity index is 2.65. The number of nitrogens with two attached hydrogens (primary N) is 1. The second-order valence-corrected chi connectivity index (χ2v) is 3.01. The van der Waals surface area contributed by atoms with Gasteiger partial charge < -0.3 is 10.5 Å². The van der Waals surface area contributed by atoms with Crippen molar-refractivity contribution in [2.75, 3.05) is 6.61 Å². The third-order valence-corrected chi connectivity index (χ3v) is 2.07. The van der Waals surface area contributed by atoms with Crippen LogP contribution in [-0.2, 0) is 0 Å². The van der Waals surface area contributed by atoms with Crippen LogP contribution >= 0.6 is 0 Å². The van der Waals surface area contributed by atoms with E-state index in [1.165, 1.54) is 0 Å². The lowest BCUT2D eigenvalue weighted by molar-refractivity contribution is -0.385. The summed E-state index contributed by atoms with van der Waals surface area (Å²) in [5.41, 5.74) is 5.54. The van der Waals surface area contributed by atoms with Gasteiger partial charge in [-0.15, -0.1) is 0 Å². The van der Waals surface area contributed by atoms with Crippen molar-refractivity contribution in [2.45, 2.75) is 6.04 Å². The van der Waals surface area contributed by atoms with Gasteiger partial charge in [-0.3, -0.25) is 10.1 Å². The van der Waals surface area contributed by atoms with Crippen LogP contribution in [0.2, 0.25) is 0 Å². The Hall–Kier alpha value is -1.69. The second kappa shape index (κ2) is 2.91. The molecule has 1 aliphatic rings. The molecule has 1 heterocycles. The number of hydrogen-bond acceptors (Lipinski definition) is 4. The summed E-state index contributed by atoms with van der Waals surface area (Å²) in [7, 11) is 0. The first-order valence-electron chi connectivity index (χ1n) is 3.96. The summed E-state index contributed by atoms with van der Waals surface area (Å²) in [6.07, 6.45) is 0. The Morgan fingerprint density at radius 1 is 1.64 bits per heavy atom. The molecule has 2 N–H and O–H groups in total. The summed E-state index contributed by atoms with van der Waals surface area (Å²) in [4.78, 5) is 9.93. The van der Waals surface area contributed by atoms with E-state index in [1.54, 1.807) is 0 Å². The number of rotatable bonds is 1. The van der Waals surface area contributed by atoms with Crippen molar-refractivity contribution >= 4 is 5.69 Å². The molecule has 5 nitrogen and oxygen atoms in total. The van der Waals surface area contributed by atoms with Crippen molar-refractivity contribution in [1.82, 2.24) is 0 Å². The number of nitro benzene ring substituents is 1. The van der Waals surface area contributed by atoms with Gasteiger partial charge in [-0.1, -0.05) is 0 Å². The number of halogens is 1. The molecule has 0 bridgehead atoms. The lowest BCUT2D eigenvalue weighted by atomic mass is 10.1. The van der Waals surface area contributed by atoms with Gasteiger partial charge in [0.25, 0.3) is 5.69 Å². The van der Waals surface area contributed by atoms with Crippen LogP contribution in [0.25, 0.3) is 0 Å². The highest BCUT2D eigenvalue weighted by atomic mass is 19.1. The molecule has 0 aromatic heterocycles. The van der Waals surface area contributed by atoms with Crippen LogP contribution in [0.3, 0.4) is 0 Å². The molecule has 1 aromatic carbocycles. The van der Waals surface area contributed by atoms with E-state index in [4.69, 9.17) is 10.5 Å². The zero-order valence-electron chi connectivity index (χ0n) is 7.07. The number of ether oxygens (including phenoxy) is 1. The average Bonchev–Trinajstić information content (AvgIpc) is 2.46. The number of hydrogen-bond donors (Lipinski definition) is 1. The van der Waals surface area contributed by atoms with Gasteiger partial charge >= 0.3 is 0 Å². The molecule has 14 heavy (non-hydrogen) atoms. The highest BCUT2D eigenvalue weighted by Gasteiger charge is 2.30. The summed E-state index contributed by atoms with van der Waals surface area (Å²) in [6.45, 7) is 0.152. The minimum Gasteiger partial charge on any atom is -0.491 e. The Morgan fingerprint density at radius 2 is 2.36 bits per heavy atom. The molecule has 0 spiro atoms. The molecule has 0 saturated heterocycles. The molecule has 1 aromatic rings. The van der Waals surface area contributed by atoms with Crippen LogP contribution in [0.5, 0.6) is 5.75 Å². The number of fused-ring (bicyclic) bond motifs is 1. The highest BCUT2D eigenvalue weighted by Crippen LogP contribution is 2.38. The maximum atomic E-state index is 12.9. The predicted molar refractivity (Wildman–Crippen MR) is 45.5 cm³/mol. The number of nitrogens with zero attached hydrogens (tertiary/aromatic N) is 1. The van der Waals surface area contributed by atoms with Crippen molar-refractivity contribution in [3.63, 3.8) is 0 Å². The second-order valence-electron chi connectivity index (χ2n) is 3.01. The van der Waals surface area contributed by atoms with E-state index >= 15 is 0 Å². The number of benzene rings is 1. The Morgan fingerprint density at radius 3 is 3.00 bits per heavy atom. The molecule has 74 valence electrons. The average molecular weight is 198 g/mol. The minimum atomic E-state index is -0.690. The largest absolute Gasteiger partial charge is 0.491 e. The Labute approximate surface area is 78.4 Å². The van der Waals surface area contributed by atoms with Crippen LogP contribution in [0, 0.1) is 15.9 Å². The molecule has 1 aliphatic heterocycles. The van der Waals surface area contributed by atoms with Crippen LogP contribution in [-0.4, -0.2) is 11.5 Å². The molecular formula is C8H7FN2O3. The normalized spacial score (nSPS) is 18.9. The van der Waals surface area contributed by atoms with E-state index in [2.05, 4.69) is 0 Å². The Bertz CT molecular complexity index is 408. The van der Waals surface area contributed by atoms with Crippen LogP contribution < -0.4 is 10.5 Å². The Kier molecular flexibility index (Phi) is 1.85. The molecule has 1 unspecified atom stereocenters. The van der Waals surface area contributed by atoms with E-state index in [-0.39, 0.29) is 23.6 Å². The van der Waals surface area contributed by atoms with Crippen molar-refractivity contribution in [3.05, 3.63) is 33.6 Å². The summed E-state index contributed by atoms with van der Waals surface area (Å²) in [6, 6.07) is 1.41. The summed E-state index contributed by atoms with van der Waals surface area (Å²) in [5.74, 6) is -0.520. The smallest absolute Gasteiger partial charge is 0.280 e. The first-order chi connectivity index (χ1) is 6.59. The first-order valence-corrected chi connectivity index (χ1v) is 3.96. The van der Waals surface area contributed by atoms with E-state index in [9.17, 15) is 14.5 Å². The maximum absolute atomic E-state index is 12.9.